The number of carboxylic acids is 1. The fourth-order valence-corrected chi connectivity index (χ4v) is 1.93. The predicted octanol–water partition coefficient (Wildman–Crippen LogP) is 4.03. The Kier molecular flexibility index (Phi) is 4.16. The van der Waals surface area contributed by atoms with Crippen LogP contribution in [0, 0.1) is 11.3 Å². The van der Waals surface area contributed by atoms with Crippen LogP contribution in [0.1, 0.15) is 38.1 Å². The van der Waals surface area contributed by atoms with E-state index in [0.717, 1.165) is 10.9 Å². The molecule has 112 valence electrons. The minimum absolute atomic E-state index is 0.0586. The summed E-state index contributed by atoms with van der Waals surface area (Å²) in [5.41, 5.74) is 1.07. The monoisotopic (exact) mass is 286 g/mol. The molecule has 0 aliphatic carbocycles. The van der Waals surface area contributed by atoms with Crippen molar-refractivity contribution >= 4 is 22.7 Å². The third-order valence-electron chi connectivity index (χ3n) is 4.23. The van der Waals surface area contributed by atoms with Crippen molar-refractivity contribution in [1.82, 2.24) is 4.98 Å². The second kappa shape index (κ2) is 5.72. The highest BCUT2D eigenvalue weighted by Crippen LogP contribution is 2.27. The van der Waals surface area contributed by atoms with Crippen LogP contribution in [0.2, 0.25) is 0 Å². The molecule has 4 heteroatoms. The predicted molar refractivity (Wildman–Crippen MR) is 85.8 cm³/mol. The molecule has 0 spiro atoms. The molecule has 1 heterocycles. The largest absolute Gasteiger partial charge is 0.478 e. The van der Waals surface area contributed by atoms with Crippen LogP contribution in [0.25, 0.3) is 10.9 Å². The molecule has 2 rings (SSSR count). The van der Waals surface area contributed by atoms with Crippen molar-refractivity contribution in [2.45, 2.75) is 27.7 Å². The first-order chi connectivity index (χ1) is 9.81. The van der Waals surface area contributed by atoms with Gasteiger partial charge in [0, 0.05) is 11.9 Å². The lowest BCUT2D eigenvalue weighted by atomic mass is 9.81. The van der Waals surface area contributed by atoms with Gasteiger partial charge in [0.1, 0.15) is 11.4 Å². The highest BCUT2D eigenvalue weighted by Gasteiger charge is 2.23. The van der Waals surface area contributed by atoms with Crippen LogP contribution in [0.4, 0.5) is 5.82 Å². The zero-order chi connectivity index (χ0) is 15.6. The minimum Gasteiger partial charge on any atom is -0.478 e. The maximum atomic E-state index is 11.4. The van der Waals surface area contributed by atoms with E-state index < -0.39 is 5.97 Å². The molecule has 0 radical (unpaired) electrons. The third kappa shape index (κ3) is 3.32. The van der Waals surface area contributed by atoms with Gasteiger partial charge in [-0.3, -0.25) is 0 Å². The maximum Gasteiger partial charge on any atom is 0.339 e. The molecule has 0 fully saturated rings. The Morgan fingerprint density at radius 3 is 2.62 bits per heavy atom. The average Bonchev–Trinajstić information content (AvgIpc) is 2.43. The Morgan fingerprint density at radius 2 is 2.00 bits per heavy atom. The van der Waals surface area contributed by atoms with Crippen molar-refractivity contribution in [1.29, 1.82) is 0 Å². The molecule has 21 heavy (non-hydrogen) atoms. The lowest BCUT2D eigenvalue weighted by Crippen LogP contribution is -2.29. The Labute approximate surface area is 125 Å². The summed E-state index contributed by atoms with van der Waals surface area (Å²) in [6.07, 6.45) is 0. The second-order valence-corrected chi connectivity index (χ2v) is 6.38. The van der Waals surface area contributed by atoms with Gasteiger partial charge < -0.3 is 10.4 Å². The number of nitrogens with one attached hydrogen (secondary N) is 1. The second-order valence-electron chi connectivity index (χ2n) is 6.38. The van der Waals surface area contributed by atoms with Crippen molar-refractivity contribution in [3.8, 4) is 0 Å². The van der Waals surface area contributed by atoms with Gasteiger partial charge in [0.05, 0.1) is 5.52 Å². The maximum absolute atomic E-state index is 11.4. The first-order valence-corrected chi connectivity index (χ1v) is 7.18. The summed E-state index contributed by atoms with van der Waals surface area (Å²) >= 11 is 0. The molecule has 1 aromatic heterocycles. The van der Waals surface area contributed by atoms with Crippen LogP contribution in [0.3, 0.4) is 0 Å². The number of carboxylic acid groups (broad SMARTS) is 1. The quantitative estimate of drug-likeness (QED) is 0.871. The normalized spacial score (nSPS) is 11.9. The summed E-state index contributed by atoms with van der Waals surface area (Å²) in [4.78, 5) is 15.9. The van der Waals surface area contributed by atoms with Crippen molar-refractivity contribution < 1.29 is 9.90 Å². The van der Waals surface area contributed by atoms with Crippen LogP contribution in [-0.2, 0) is 0 Å². The zero-order valence-corrected chi connectivity index (χ0v) is 13.0. The molecule has 0 saturated carbocycles. The Bertz CT molecular complexity index is 663. The van der Waals surface area contributed by atoms with E-state index in [1.54, 1.807) is 6.07 Å². The third-order valence-corrected chi connectivity index (χ3v) is 4.23. The topological polar surface area (TPSA) is 62.2 Å². The molecule has 0 bridgehead atoms. The van der Waals surface area contributed by atoms with E-state index in [9.17, 15) is 9.90 Å². The lowest BCUT2D eigenvalue weighted by molar-refractivity contribution is 0.0697. The molecule has 0 saturated heterocycles. The van der Waals surface area contributed by atoms with Crippen molar-refractivity contribution in [3.63, 3.8) is 0 Å². The van der Waals surface area contributed by atoms with Gasteiger partial charge in [0.15, 0.2) is 0 Å². The van der Waals surface area contributed by atoms with Crippen LogP contribution < -0.4 is 5.32 Å². The van der Waals surface area contributed by atoms with E-state index in [-0.39, 0.29) is 11.0 Å². The molecule has 0 unspecified atom stereocenters. The standard InChI is InChI=1S/C17H22N2O2/c1-11(2)17(3,4)10-18-15-13(16(20)21)9-12-7-5-6-8-14(12)19-15/h5-9,11H,10H2,1-4H3,(H,18,19)(H,20,21). The van der Waals surface area contributed by atoms with Gasteiger partial charge in [-0.25, -0.2) is 9.78 Å². The van der Waals surface area contributed by atoms with E-state index in [0.29, 0.717) is 18.3 Å². The first kappa shape index (κ1) is 15.3. The summed E-state index contributed by atoms with van der Waals surface area (Å²) in [7, 11) is 0. The van der Waals surface area contributed by atoms with Gasteiger partial charge in [-0.05, 0) is 23.5 Å². The smallest absolute Gasteiger partial charge is 0.339 e. The number of hydrogen-bond acceptors (Lipinski definition) is 3. The van der Waals surface area contributed by atoms with Gasteiger partial charge in [-0.15, -0.1) is 0 Å². The van der Waals surface area contributed by atoms with Crippen molar-refractivity contribution in [3.05, 3.63) is 35.9 Å². The number of hydrogen-bond donors (Lipinski definition) is 2. The van der Waals surface area contributed by atoms with Gasteiger partial charge in [-0.2, -0.15) is 0 Å². The molecule has 0 amide bonds. The van der Waals surface area contributed by atoms with Crippen LogP contribution >= 0.6 is 0 Å². The van der Waals surface area contributed by atoms with Crippen LogP contribution in [-0.4, -0.2) is 22.6 Å². The Morgan fingerprint density at radius 1 is 1.33 bits per heavy atom. The van der Waals surface area contributed by atoms with E-state index in [1.165, 1.54) is 0 Å². The average molecular weight is 286 g/mol. The molecule has 1 aromatic carbocycles. The summed E-state index contributed by atoms with van der Waals surface area (Å²) < 4.78 is 0. The van der Waals surface area contributed by atoms with Gasteiger partial charge in [0.25, 0.3) is 0 Å². The molecular formula is C17H22N2O2. The molecule has 2 N–H and O–H groups in total. The first-order valence-electron chi connectivity index (χ1n) is 7.18. The molecule has 2 aromatic rings. The number of fused-ring (bicyclic) bond motifs is 1. The molecule has 4 nitrogen and oxygen atoms in total. The highest BCUT2D eigenvalue weighted by atomic mass is 16.4. The fraction of sp³-hybridized carbons (Fsp3) is 0.412. The highest BCUT2D eigenvalue weighted by molar-refractivity contribution is 5.98. The number of rotatable bonds is 5. The summed E-state index contributed by atoms with van der Waals surface area (Å²) in [6, 6.07) is 9.22. The number of aromatic nitrogens is 1. The van der Waals surface area contributed by atoms with Crippen LogP contribution in [0.5, 0.6) is 0 Å². The zero-order valence-electron chi connectivity index (χ0n) is 13.0. The van der Waals surface area contributed by atoms with E-state index >= 15 is 0 Å². The van der Waals surface area contributed by atoms with Crippen LogP contribution in [0.15, 0.2) is 30.3 Å². The van der Waals surface area contributed by atoms with Gasteiger partial charge in [0.2, 0.25) is 0 Å². The summed E-state index contributed by atoms with van der Waals surface area (Å²) in [6.45, 7) is 9.32. The van der Waals surface area contributed by atoms with Gasteiger partial charge in [-0.1, -0.05) is 45.9 Å². The number of anilines is 1. The van der Waals surface area contributed by atoms with Crippen molar-refractivity contribution in [2.24, 2.45) is 11.3 Å². The summed E-state index contributed by atoms with van der Waals surface area (Å²) in [5, 5.41) is 13.4. The molecular weight excluding hydrogens is 264 g/mol. The molecule has 0 aliphatic rings. The SMILES string of the molecule is CC(C)C(C)(C)CNc1nc2ccccc2cc1C(=O)O. The van der Waals surface area contributed by atoms with E-state index in [1.807, 2.05) is 24.3 Å². The summed E-state index contributed by atoms with van der Waals surface area (Å²) in [5.74, 6) is -0.0354. The number of aromatic carboxylic acids is 1. The number of para-hydroxylation sites is 1. The number of nitrogens with zero attached hydrogens (tertiary/aromatic N) is 1. The number of benzene rings is 1. The lowest BCUT2D eigenvalue weighted by Gasteiger charge is -2.29. The fourth-order valence-electron chi connectivity index (χ4n) is 1.93. The number of pyridine rings is 1. The van der Waals surface area contributed by atoms with E-state index in [2.05, 4.69) is 38.0 Å². The van der Waals surface area contributed by atoms with Gasteiger partial charge >= 0.3 is 5.97 Å². The Hall–Kier alpha value is -2.10. The minimum atomic E-state index is -0.960. The molecule has 0 atom stereocenters. The number of carbonyl (C=O) groups is 1. The van der Waals surface area contributed by atoms with Crippen molar-refractivity contribution in [2.75, 3.05) is 11.9 Å². The van der Waals surface area contributed by atoms with E-state index in [4.69, 9.17) is 0 Å². The molecule has 0 aliphatic heterocycles. The Balaban J connectivity index is 2.37.